The molecule has 1 aliphatic rings. The Morgan fingerprint density at radius 1 is 0.571 bits per heavy atom. The van der Waals surface area contributed by atoms with Crippen LogP contribution in [0.5, 0.6) is 0 Å². The molecular formula is C28H40O7. The van der Waals surface area contributed by atoms with E-state index in [-0.39, 0.29) is 0 Å². The first-order valence-corrected chi connectivity index (χ1v) is 12.3. The Kier molecular flexibility index (Phi) is 12.1. The van der Waals surface area contributed by atoms with Gasteiger partial charge < -0.3 is 33.2 Å². The average Bonchev–Trinajstić information content (AvgIpc) is 2.87. The van der Waals surface area contributed by atoms with Crippen LogP contribution in [0.15, 0.2) is 60.7 Å². The van der Waals surface area contributed by atoms with Crippen LogP contribution in [0.3, 0.4) is 0 Å². The van der Waals surface area contributed by atoms with Gasteiger partial charge in [-0.3, -0.25) is 0 Å². The third-order valence-electron chi connectivity index (χ3n) is 5.58. The normalized spacial score (nSPS) is 25.4. The molecule has 2 atom stereocenters. The van der Waals surface area contributed by atoms with Crippen molar-refractivity contribution < 1.29 is 33.2 Å². The fourth-order valence-electron chi connectivity index (χ4n) is 3.66. The number of hydrogen-bond donors (Lipinski definition) is 0. The highest BCUT2D eigenvalue weighted by Gasteiger charge is 2.28. The highest BCUT2D eigenvalue weighted by Crippen LogP contribution is 2.16. The van der Waals surface area contributed by atoms with Gasteiger partial charge in [-0.25, -0.2) is 0 Å². The van der Waals surface area contributed by atoms with Crippen molar-refractivity contribution in [1.82, 2.24) is 0 Å². The molecule has 7 nitrogen and oxygen atoms in total. The molecule has 0 amide bonds. The van der Waals surface area contributed by atoms with Crippen molar-refractivity contribution in [1.29, 1.82) is 0 Å². The van der Waals surface area contributed by atoms with Crippen molar-refractivity contribution >= 4 is 0 Å². The smallest absolute Gasteiger partial charge is 0.112 e. The van der Waals surface area contributed by atoms with Crippen LogP contribution in [-0.2, 0) is 46.4 Å². The van der Waals surface area contributed by atoms with E-state index in [0.717, 1.165) is 11.1 Å². The maximum absolute atomic E-state index is 6.10. The maximum atomic E-state index is 6.10. The van der Waals surface area contributed by atoms with Gasteiger partial charge in [0.15, 0.2) is 0 Å². The van der Waals surface area contributed by atoms with E-state index in [2.05, 4.69) is 0 Å². The first kappa shape index (κ1) is 27.7. The predicted molar refractivity (Wildman–Crippen MR) is 133 cm³/mol. The fraction of sp³-hybridized carbons (Fsp3) is 0.571. The van der Waals surface area contributed by atoms with E-state index in [1.807, 2.05) is 74.5 Å². The van der Waals surface area contributed by atoms with Crippen LogP contribution in [0.2, 0.25) is 0 Å². The van der Waals surface area contributed by atoms with Gasteiger partial charge in [-0.2, -0.15) is 0 Å². The predicted octanol–water partition coefficient (Wildman–Crippen LogP) is 4.03. The summed E-state index contributed by atoms with van der Waals surface area (Å²) in [7, 11) is 0. The molecule has 2 aromatic rings. The zero-order chi connectivity index (χ0) is 24.7. The SMILES string of the molecule is C[C@@]1(COCc2ccccc2)COCCOC[C@@](C)(COCc2ccccc2)OCCOCCO1. The summed E-state index contributed by atoms with van der Waals surface area (Å²) in [6, 6.07) is 20.2. The van der Waals surface area contributed by atoms with Gasteiger partial charge in [0.2, 0.25) is 0 Å². The topological polar surface area (TPSA) is 64.6 Å². The van der Waals surface area contributed by atoms with Crippen LogP contribution in [0.4, 0.5) is 0 Å². The minimum atomic E-state index is -0.575. The van der Waals surface area contributed by atoms with Crippen LogP contribution in [0.25, 0.3) is 0 Å². The Bertz CT molecular complexity index is 736. The third kappa shape index (κ3) is 11.2. The lowest BCUT2D eigenvalue weighted by Gasteiger charge is -2.30. The molecule has 194 valence electrons. The summed E-state index contributed by atoms with van der Waals surface area (Å²) in [5.41, 5.74) is 1.10. The summed E-state index contributed by atoms with van der Waals surface area (Å²) in [5, 5.41) is 0. The molecule has 0 saturated carbocycles. The van der Waals surface area contributed by atoms with Gasteiger partial charge >= 0.3 is 0 Å². The minimum Gasteiger partial charge on any atom is -0.377 e. The number of ether oxygens (including phenoxy) is 7. The van der Waals surface area contributed by atoms with Gasteiger partial charge in [0.05, 0.1) is 79.3 Å². The molecule has 2 aromatic carbocycles. The van der Waals surface area contributed by atoms with E-state index in [9.17, 15) is 0 Å². The molecule has 1 heterocycles. The average molecular weight is 489 g/mol. The second kappa shape index (κ2) is 15.3. The fourth-order valence-corrected chi connectivity index (χ4v) is 3.66. The molecule has 3 rings (SSSR count). The van der Waals surface area contributed by atoms with Crippen molar-refractivity contribution in [2.75, 3.05) is 66.1 Å². The summed E-state index contributed by atoms with van der Waals surface area (Å²) in [6.07, 6.45) is 0. The molecular weight excluding hydrogens is 448 g/mol. The molecule has 0 radical (unpaired) electrons. The first-order chi connectivity index (χ1) is 17.1. The van der Waals surface area contributed by atoms with E-state index >= 15 is 0 Å². The van der Waals surface area contributed by atoms with Gasteiger partial charge in [-0.05, 0) is 25.0 Å². The Balaban J connectivity index is 1.44. The lowest BCUT2D eigenvalue weighted by atomic mass is 10.1. The van der Waals surface area contributed by atoms with Gasteiger partial charge in [0.25, 0.3) is 0 Å². The van der Waals surface area contributed by atoms with E-state index in [1.165, 1.54) is 0 Å². The number of rotatable bonds is 8. The van der Waals surface area contributed by atoms with Crippen molar-refractivity contribution in [3.63, 3.8) is 0 Å². The lowest BCUT2D eigenvalue weighted by molar-refractivity contribution is -0.140. The largest absolute Gasteiger partial charge is 0.377 e. The molecule has 1 fully saturated rings. The lowest BCUT2D eigenvalue weighted by Crippen LogP contribution is -2.41. The minimum absolute atomic E-state index is 0.402. The van der Waals surface area contributed by atoms with Gasteiger partial charge in [0, 0.05) is 0 Å². The van der Waals surface area contributed by atoms with Crippen molar-refractivity contribution in [3.8, 4) is 0 Å². The van der Waals surface area contributed by atoms with Crippen LogP contribution >= 0.6 is 0 Å². The standard InChI is InChI=1S/C28H40O7/c1-27(23-32-19-25-9-5-3-6-10-25)21-30-13-14-31-22-28(2,35-18-16-29-15-17-34-27)24-33-20-26-11-7-4-8-12-26/h3-12H,13-24H2,1-2H3/t27-,28-/m0/s1. The van der Waals surface area contributed by atoms with E-state index < -0.39 is 11.2 Å². The molecule has 0 aromatic heterocycles. The number of hydrogen-bond acceptors (Lipinski definition) is 7. The summed E-state index contributed by atoms with van der Waals surface area (Å²) >= 11 is 0. The summed E-state index contributed by atoms with van der Waals surface area (Å²) in [5.74, 6) is 0. The highest BCUT2D eigenvalue weighted by molar-refractivity contribution is 5.14. The van der Waals surface area contributed by atoms with Gasteiger partial charge in [-0.15, -0.1) is 0 Å². The Hall–Kier alpha value is -1.84. The zero-order valence-electron chi connectivity index (χ0n) is 21.1. The molecule has 0 unspecified atom stereocenters. The molecule has 0 aliphatic carbocycles. The van der Waals surface area contributed by atoms with E-state index in [1.54, 1.807) is 0 Å². The molecule has 7 heteroatoms. The van der Waals surface area contributed by atoms with Crippen LogP contribution < -0.4 is 0 Å². The van der Waals surface area contributed by atoms with Crippen LogP contribution in [-0.4, -0.2) is 77.3 Å². The van der Waals surface area contributed by atoms with Crippen molar-refractivity contribution in [2.45, 2.75) is 38.3 Å². The molecule has 35 heavy (non-hydrogen) atoms. The van der Waals surface area contributed by atoms with Gasteiger partial charge in [-0.1, -0.05) is 60.7 Å². The monoisotopic (exact) mass is 488 g/mol. The first-order valence-electron chi connectivity index (χ1n) is 12.3. The molecule has 0 bridgehead atoms. The van der Waals surface area contributed by atoms with Crippen LogP contribution in [0.1, 0.15) is 25.0 Å². The van der Waals surface area contributed by atoms with Crippen molar-refractivity contribution in [2.24, 2.45) is 0 Å². The Labute approximate surface area is 209 Å². The Morgan fingerprint density at radius 2 is 0.971 bits per heavy atom. The molecule has 1 aliphatic heterocycles. The van der Waals surface area contributed by atoms with Crippen molar-refractivity contribution in [3.05, 3.63) is 71.8 Å². The molecule has 1 saturated heterocycles. The number of benzene rings is 2. The molecule has 0 N–H and O–H groups in total. The van der Waals surface area contributed by atoms with E-state index in [0.29, 0.717) is 79.3 Å². The second-order valence-electron chi connectivity index (χ2n) is 9.27. The van der Waals surface area contributed by atoms with E-state index in [4.69, 9.17) is 33.2 Å². The summed E-state index contributed by atoms with van der Waals surface area (Å²) in [6.45, 7) is 9.44. The quantitative estimate of drug-likeness (QED) is 0.556. The van der Waals surface area contributed by atoms with Gasteiger partial charge in [0.1, 0.15) is 11.2 Å². The summed E-state index contributed by atoms with van der Waals surface area (Å²) < 4.78 is 41.6. The zero-order valence-corrected chi connectivity index (χ0v) is 21.1. The van der Waals surface area contributed by atoms with Crippen LogP contribution in [0, 0.1) is 0 Å². The third-order valence-corrected chi connectivity index (χ3v) is 5.58. The molecule has 0 spiro atoms. The summed E-state index contributed by atoms with van der Waals surface area (Å²) in [4.78, 5) is 0. The maximum Gasteiger partial charge on any atom is 0.112 e. The Morgan fingerprint density at radius 3 is 1.40 bits per heavy atom. The second-order valence-corrected chi connectivity index (χ2v) is 9.27. The highest BCUT2D eigenvalue weighted by atomic mass is 16.6.